The van der Waals surface area contributed by atoms with Crippen molar-refractivity contribution < 1.29 is 5.11 Å². The van der Waals surface area contributed by atoms with Crippen LogP contribution in [0.1, 0.15) is 105 Å². The quantitative estimate of drug-likeness (QED) is 0.444. The molecule has 3 fully saturated rings. The maximum atomic E-state index is 11.2. The molecule has 0 amide bonds. The molecule has 0 bridgehead atoms. The van der Waals surface area contributed by atoms with E-state index in [4.69, 9.17) is 0 Å². The minimum absolute atomic E-state index is 0.0537. The number of hydrogen-bond donors (Lipinski definition) is 1. The minimum atomic E-state index is -0.0537. The van der Waals surface area contributed by atoms with Crippen molar-refractivity contribution in [1.29, 1.82) is 0 Å². The van der Waals surface area contributed by atoms with Crippen molar-refractivity contribution in [1.82, 2.24) is 0 Å². The van der Waals surface area contributed by atoms with E-state index < -0.39 is 0 Å². The summed E-state index contributed by atoms with van der Waals surface area (Å²) in [5.74, 6) is 5.70. The van der Waals surface area contributed by atoms with E-state index in [1.54, 1.807) is 0 Å². The van der Waals surface area contributed by atoms with Crippen molar-refractivity contribution in [2.24, 2.45) is 47.3 Å². The monoisotopic (exact) mass is 388 g/mol. The van der Waals surface area contributed by atoms with Crippen LogP contribution in [0.5, 0.6) is 0 Å². The van der Waals surface area contributed by atoms with Crippen LogP contribution in [0, 0.1) is 47.3 Å². The Balaban J connectivity index is 1.64. The van der Waals surface area contributed by atoms with Crippen LogP contribution >= 0.6 is 0 Å². The SMILES string of the molecule is CCCC1CCCC(C2C(C)CC(C)C2/C=C/C(C)CC2CCCCC2)C1O. The molecule has 3 aliphatic carbocycles. The summed E-state index contributed by atoms with van der Waals surface area (Å²) < 4.78 is 0. The smallest absolute Gasteiger partial charge is 0.0599 e. The summed E-state index contributed by atoms with van der Waals surface area (Å²) in [4.78, 5) is 0. The van der Waals surface area contributed by atoms with Gasteiger partial charge in [0.25, 0.3) is 0 Å². The lowest BCUT2D eigenvalue weighted by Crippen LogP contribution is -2.40. The van der Waals surface area contributed by atoms with Gasteiger partial charge in [-0.2, -0.15) is 0 Å². The van der Waals surface area contributed by atoms with Crippen LogP contribution in [0.4, 0.5) is 0 Å². The van der Waals surface area contributed by atoms with Crippen LogP contribution in [0.15, 0.2) is 12.2 Å². The van der Waals surface area contributed by atoms with Crippen LogP contribution in [-0.2, 0) is 0 Å². The van der Waals surface area contributed by atoms with Gasteiger partial charge in [0.15, 0.2) is 0 Å². The average Bonchev–Trinajstić information content (AvgIpc) is 2.96. The number of aliphatic hydroxyl groups is 1. The van der Waals surface area contributed by atoms with Gasteiger partial charge >= 0.3 is 0 Å². The van der Waals surface area contributed by atoms with Gasteiger partial charge in [0.05, 0.1) is 6.10 Å². The second-order valence-corrected chi connectivity index (χ2v) is 11.1. The average molecular weight is 389 g/mol. The Morgan fingerprint density at radius 2 is 1.71 bits per heavy atom. The molecule has 8 unspecified atom stereocenters. The Hall–Kier alpha value is -0.300. The van der Waals surface area contributed by atoms with Gasteiger partial charge < -0.3 is 5.11 Å². The molecule has 3 aliphatic rings. The number of aliphatic hydroxyl groups excluding tert-OH is 1. The molecule has 1 heteroatoms. The fraction of sp³-hybridized carbons (Fsp3) is 0.926. The first kappa shape index (κ1) is 22.4. The Bertz CT molecular complexity index is 475. The Morgan fingerprint density at radius 3 is 2.43 bits per heavy atom. The number of hydrogen-bond acceptors (Lipinski definition) is 1. The molecule has 0 aliphatic heterocycles. The molecule has 28 heavy (non-hydrogen) atoms. The summed E-state index contributed by atoms with van der Waals surface area (Å²) in [7, 11) is 0. The minimum Gasteiger partial charge on any atom is -0.393 e. The van der Waals surface area contributed by atoms with Crippen molar-refractivity contribution in [3.05, 3.63) is 12.2 Å². The first-order valence-electron chi connectivity index (χ1n) is 12.9. The van der Waals surface area contributed by atoms with Gasteiger partial charge in [-0.3, -0.25) is 0 Å². The Morgan fingerprint density at radius 1 is 0.964 bits per heavy atom. The van der Waals surface area contributed by atoms with E-state index in [0.717, 1.165) is 23.7 Å². The van der Waals surface area contributed by atoms with Gasteiger partial charge in [-0.05, 0) is 79.4 Å². The third-order valence-electron chi connectivity index (χ3n) is 8.78. The largest absolute Gasteiger partial charge is 0.393 e. The first-order valence-corrected chi connectivity index (χ1v) is 12.9. The molecule has 0 aromatic carbocycles. The highest BCUT2D eigenvalue weighted by Gasteiger charge is 2.46. The fourth-order valence-corrected chi connectivity index (χ4v) is 7.44. The summed E-state index contributed by atoms with van der Waals surface area (Å²) in [6, 6.07) is 0. The van der Waals surface area contributed by atoms with Crippen LogP contribution in [0.3, 0.4) is 0 Å². The van der Waals surface area contributed by atoms with Crippen molar-refractivity contribution in [2.75, 3.05) is 0 Å². The molecule has 0 spiro atoms. The molecule has 0 aromatic rings. The number of allylic oxidation sites excluding steroid dienone is 2. The molecule has 3 saturated carbocycles. The molecule has 0 saturated heterocycles. The summed E-state index contributed by atoms with van der Waals surface area (Å²) in [6.07, 6.45) is 21.4. The molecule has 0 heterocycles. The van der Waals surface area contributed by atoms with Crippen LogP contribution in [-0.4, -0.2) is 11.2 Å². The molecular weight excluding hydrogens is 340 g/mol. The van der Waals surface area contributed by atoms with Gasteiger partial charge in [-0.1, -0.05) is 84.8 Å². The van der Waals surface area contributed by atoms with E-state index in [-0.39, 0.29) is 6.10 Å². The van der Waals surface area contributed by atoms with E-state index in [0.29, 0.717) is 23.7 Å². The highest BCUT2D eigenvalue weighted by atomic mass is 16.3. The molecule has 0 radical (unpaired) electrons. The summed E-state index contributed by atoms with van der Waals surface area (Å²) in [5.41, 5.74) is 0. The summed E-state index contributed by atoms with van der Waals surface area (Å²) in [6.45, 7) is 9.65. The Kier molecular flexibility index (Phi) is 8.51. The summed E-state index contributed by atoms with van der Waals surface area (Å²) in [5, 5.41) is 11.2. The van der Waals surface area contributed by atoms with E-state index in [1.165, 1.54) is 77.0 Å². The van der Waals surface area contributed by atoms with Crippen LogP contribution in [0.2, 0.25) is 0 Å². The lowest BCUT2D eigenvalue weighted by Gasteiger charge is -2.41. The third kappa shape index (κ3) is 5.44. The van der Waals surface area contributed by atoms with E-state index >= 15 is 0 Å². The zero-order chi connectivity index (χ0) is 20.1. The number of rotatable bonds is 7. The highest BCUT2D eigenvalue weighted by molar-refractivity contribution is 5.05. The molecule has 8 atom stereocenters. The molecule has 1 N–H and O–H groups in total. The van der Waals surface area contributed by atoms with Crippen LogP contribution < -0.4 is 0 Å². The van der Waals surface area contributed by atoms with Crippen molar-refractivity contribution in [3.63, 3.8) is 0 Å². The fourth-order valence-electron chi connectivity index (χ4n) is 7.44. The third-order valence-corrected chi connectivity index (χ3v) is 8.78. The molecule has 3 rings (SSSR count). The highest BCUT2D eigenvalue weighted by Crippen LogP contribution is 2.51. The normalized spacial score (nSPS) is 41.5. The van der Waals surface area contributed by atoms with E-state index in [2.05, 4.69) is 39.8 Å². The molecule has 0 aromatic heterocycles. The van der Waals surface area contributed by atoms with E-state index in [1.807, 2.05) is 0 Å². The first-order chi connectivity index (χ1) is 13.5. The molecule has 162 valence electrons. The zero-order valence-corrected chi connectivity index (χ0v) is 19.3. The van der Waals surface area contributed by atoms with Crippen molar-refractivity contribution in [3.8, 4) is 0 Å². The van der Waals surface area contributed by atoms with Crippen molar-refractivity contribution >= 4 is 0 Å². The standard InChI is InChI=1S/C27H48O/c1-5-10-23-13-9-14-25(27(23)28)26-21(4)18-20(3)24(26)16-15-19(2)17-22-11-7-6-8-12-22/h15-16,19-28H,5-14,17-18H2,1-4H3/b16-15+. The zero-order valence-electron chi connectivity index (χ0n) is 19.3. The van der Waals surface area contributed by atoms with E-state index in [9.17, 15) is 5.11 Å². The molecular formula is C27H48O. The maximum absolute atomic E-state index is 11.2. The second kappa shape index (κ2) is 10.6. The lowest BCUT2D eigenvalue weighted by atomic mass is 9.66. The van der Waals surface area contributed by atoms with Gasteiger partial charge in [0.1, 0.15) is 0 Å². The van der Waals surface area contributed by atoms with Crippen molar-refractivity contribution in [2.45, 2.75) is 111 Å². The van der Waals surface area contributed by atoms with Gasteiger partial charge in [0, 0.05) is 0 Å². The van der Waals surface area contributed by atoms with Gasteiger partial charge in [-0.25, -0.2) is 0 Å². The lowest BCUT2D eigenvalue weighted by molar-refractivity contribution is -0.0263. The topological polar surface area (TPSA) is 20.2 Å². The van der Waals surface area contributed by atoms with Crippen LogP contribution in [0.25, 0.3) is 0 Å². The predicted octanol–water partition coefficient (Wildman–Crippen LogP) is 7.63. The van der Waals surface area contributed by atoms with Gasteiger partial charge in [0.2, 0.25) is 0 Å². The van der Waals surface area contributed by atoms with Gasteiger partial charge in [-0.15, -0.1) is 0 Å². The maximum Gasteiger partial charge on any atom is 0.0599 e. The summed E-state index contributed by atoms with van der Waals surface area (Å²) >= 11 is 0. The predicted molar refractivity (Wildman–Crippen MR) is 121 cm³/mol. The second-order valence-electron chi connectivity index (χ2n) is 11.1. The molecule has 1 nitrogen and oxygen atoms in total. The Labute approximate surface area is 175 Å².